The fraction of sp³-hybridized carbons (Fsp3) is 0.111. The second-order valence-corrected chi connectivity index (χ2v) is 5.57. The van der Waals surface area contributed by atoms with Crippen molar-refractivity contribution in [3.05, 3.63) is 58.9 Å². The van der Waals surface area contributed by atoms with Crippen molar-refractivity contribution >= 4 is 23.8 Å². The molecule has 6 heteroatoms. The van der Waals surface area contributed by atoms with Gasteiger partial charge in [0.1, 0.15) is 13.2 Å². The Morgan fingerprint density at radius 2 is 1.75 bits per heavy atom. The summed E-state index contributed by atoms with van der Waals surface area (Å²) in [7, 11) is 0. The quantitative estimate of drug-likeness (QED) is 0.710. The number of rotatable bonds is 3. The van der Waals surface area contributed by atoms with Crippen LogP contribution < -0.4 is 9.47 Å². The van der Waals surface area contributed by atoms with Gasteiger partial charge in [0.25, 0.3) is 0 Å². The lowest BCUT2D eigenvalue weighted by Gasteiger charge is -2.18. The molecule has 4 rings (SSSR count). The first-order valence-corrected chi connectivity index (χ1v) is 7.83. The summed E-state index contributed by atoms with van der Waals surface area (Å²) in [6.45, 7) is 1.09. The van der Waals surface area contributed by atoms with Gasteiger partial charge in [-0.3, -0.25) is 0 Å². The summed E-state index contributed by atoms with van der Waals surface area (Å²) in [5.41, 5.74) is 1.67. The number of benzene rings is 2. The molecule has 120 valence electrons. The lowest BCUT2D eigenvalue weighted by molar-refractivity contribution is 0.171. The van der Waals surface area contributed by atoms with Gasteiger partial charge in [-0.1, -0.05) is 29.8 Å². The highest BCUT2D eigenvalue weighted by molar-refractivity contribution is 6.32. The van der Waals surface area contributed by atoms with Gasteiger partial charge in [0, 0.05) is 16.7 Å². The topological polar surface area (TPSA) is 57.4 Å². The first-order chi connectivity index (χ1) is 11.8. The number of aromatic nitrogens is 2. The van der Waals surface area contributed by atoms with Crippen molar-refractivity contribution in [1.29, 1.82) is 0 Å². The zero-order valence-electron chi connectivity index (χ0n) is 12.6. The molecule has 0 N–H and O–H groups in total. The second-order valence-electron chi connectivity index (χ2n) is 5.16. The molecule has 0 amide bonds. The van der Waals surface area contributed by atoms with E-state index in [1.165, 1.54) is 0 Å². The Morgan fingerprint density at radius 3 is 2.62 bits per heavy atom. The van der Waals surface area contributed by atoms with E-state index in [9.17, 15) is 0 Å². The Labute approximate surface area is 143 Å². The highest BCUT2D eigenvalue weighted by Crippen LogP contribution is 2.34. The molecule has 0 saturated heterocycles. The smallest absolute Gasteiger partial charge is 0.248 e. The molecule has 0 bridgehead atoms. The number of fused-ring (bicyclic) bond motifs is 1. The summed E-state index contributed by atoms with van der Waals surface area (Å²) in [5.74, 6) is 2.24. The van der Waals surface area contributed by atoms with Crippen molar-refractivity contribution in [2.75, 3.05) is 13.2 Å². The van der Waals surface area contributed by atoms with Gasteiger partial charge in [-0.05, 0) is 35.9 Å². The van der Waals surface area contributed by atoms with Crippen molar-refractivity contribution in [1.82, 2.24) is 10.2 Å². The largest absolute Gasteiger partial charge is 0.486 e. The first-order valence-electron chi connectivity index (χ1n) is 7.46. The van der Waals surface area contributed by atoms with E-state index in [2.05, 4.69) is 10.2 Å². The third-order valence-electron chi connectivity index (χ3n) is 3.54. The summed E-state index contributed by atoms with van der Waals surface area (Å²) in [6, 6.07) is 13.1. The Kier molecular flexibility index (Phi) is 3.92. The van der Waals surface area contributed by atoms with E-state index < -0.39 is 0 Å². The van der Waals surface area contributed by atoms with E-state index in [4.69, 9.17) is 25.5 Å². The summed E-state index contributed by atoms with van der Waals surface area (Å²) in [4.78, 5) is 0. The second kappa shape index (κ2) is 6.37. The molecule has 0 aliphatic carbocycles. The molecule has 0 fully saturated rings. The van der Waals surface area contributed by atoms with Gasteiger partial charge in [-0.25, -0.2) is 0 Å². The Balaban J connectivity index is 1.58. The summed E-state index contributed by atoms with van der Waals surface area (Å²) < 4.78 is 16.7. The molecule has 2 aromatic carbocycles. The highest BCUT2D eigenvalue weighted by Gasteiger charge is 2.15. The monoisotopic (exact) mass is 340 g/mol. The maximum absolute atomic E-state index is 6.12. The number of hydrogen-bond donors (Lipinski definition) is 0. The number of nitrogens with zero attached hydrogens (tertiary/aromatic N) is 2. The molecule has 1 aromatic heterocycles. The van der Waals surface area contributed by atoms with Gasteiger partial charge >= 0.3 is 0 Å². The number of ether oxygens (including phenoxy) is 2. The van der Waals surface area contributed by atoms with Gasteiger partial charge in [0.05, 0.1) is 0 Å². The van der Waals surface area contributed by atoms with Crippen LogP contribution in [0.2, 0.25) is 5.02 Å². The molecule has 0 unspecified atom stereocenters. The summed E-state index contributed by atoms with van der Waals surface area (Å²) in [6.07, 6.45) is 3.57. The molecule has 1 aliphatic heterocycles. The molecule has 0 spiro atoms. The van der Waals surface area contributed by atoms with Crippen molar-refractivity contribution in [2.45, 2.75) is 0 Å². The van der Waals surface area contributed by atoms with Crippen LogP contribution in [-0.2, 0) is 0 Å². The zero-order chi connectivity index (χ0) is 16.4. The van der Waals surface area contributed by atoms with E-state index >= 15 is 0 Å². The first kappa shape index (κ1) is 14.8. The molecule has 24 heavy (non-hydrogen) atoms. The van der Waals surface area contributed by atoms with Crippen molar-refractivity contribution in [3.8, 4) is 23.0 Å². The van der Waals surface area contributed by atoms with E-state index in [1.807, 2.05) is 48.5 Å². The van der Waals surface area contributed by atoms with Crippen LogP contribution >= 0.6 is 11.6 Å². The third kappa shape index (κ3) is 2.98. The van der Waals surface area contributed by atoms with Crippen LogP contribution in [0.1, 0.15) is 11.5 Å². The maximum Gasteiger partial charge on any atom is 0.248 e. The molecule has 5 nitrogen and oxygen atoms in total. The molecule has 2 heterocycles. The zero-order valence-corrected chi connectivity index (χ0v) is 13.4. The van der Waals surface area contributed by atoms with Crippen molar-refractivity contribution < 1.29 is 13.9 Å². The Morgan fingerprint density at radius 1 is 0.917 bits per heavy atom. The Hall–Kier alpha value is -2.79. The van der Waals surface area contributed by atoms with Gasteiger partial charge in [-0.2, -0.15) is 0 Å². The molecule has 3 aromatic rings. The van der Waals surface area contributed by atoms with Crippen LogP contribution in [0.5, 0.6) is 11.5 Å². The van der Waals surface area contributed by atoms with E-state index in [1.54, 1.807) is 6.08 Å². The van der Waals surface area contributed by atoms with Crippen molar-refractivity contribution in [2.24, 2.45) is 0 Å². The molecule has 0 saturated carbocycles. The number of halogens is 1. The van der Waals surface area contributed by atoms with Crippen LogP contribution in [0, 0.1) is 0 Å². The fourth-order valence-corrected chi connectivity index (χ4v) is 2.57. The summed E-state index contributed by atoms with van der Waals surface area (Å²) in [5, 5.41) is 8.77. The lowest BCUT2D eigenvalue weighted by Crippen LogP contribution is -2.15. The van der Waals surface area contributed by atoms with Crippen LogP contribution in [0.25, 0.3) is 23.6 Å². The van der Waals surface area contributed by atoms with Crippen LogP contribution in [0.4, 0.5) is 0 Å². The lowest BCUT2D eigenvalue weighted by atomic mass is 10.2. The van der Waals surface area contributed by atoms with E-state index in [0.717, 1.165) is 16.9 Å². The highest BCUT2D eigenvalue weighted by atomic mass is 35.5. The normalized spacial score (nSPS) is 13.4. The Bertz CT molecular complexity index is 905. The predicted molar refractivity (Wildman–Crippen MR) is 91.1 cm³/mol. The summed E-state index contributed by atoms with van der Waals surface area (Å²) >= 11 is 6.12. The molecular weight excluding hydrogens is 328 g/mol. The average Bonchev–Trinajstić information content (AvgIpc) is 3.10. The van der Waals surface area contributed by atoms with Crippen molar-refractivity contribution in [3.63, 3.8) is 0 Å². The van der Waals surface area contributed by atoms with Crippen LogP contribution in [0.15, 0.2) is 46.9 Å². The fourth-order valence-electron chi connectivity index (χ4n) is 2.37. The number of hydrogen-bond acceptors (Lipinski definition) is 5. The SMILES string of the molecule is Clc1ccccc1/C=C/c1nnc(-c2ccc3c(c2)OCCO3)o1. The average molecular weight is 341 g/mol. The maximum atomic E-state index is 6.12. The van der Waals surface area contributed by atoms with Gasteiger partial charge < -0.3 is 13.9 Å². The van der Waals surface area contributed by atoms with Gasteiger partial charge in [0.15, 0.2) is 11.5 Å². The van der Waals surface area contributed by atoms with Gasteiger partial charge in [-0.15, -0.1) is 10.2 Å². The van der Waals surface area contributed by atoms with Crippen LogP contribution in [-0.4, -0.2) is 23.4 Å². The van der Waals surface area contributed by atoms with Crippen LogP contribution in [0.3, 0.4) is 0 Å². The van der Waals surface area contributed by atoms with Gasteiger partial charge in [0.2, 0.25) is 11.8 Å². The molecule has 0 atom stereocenters. The standard InChI is InChI=1S/C18H13ClN2O3/c19-14-4-2-1-3-12(14)6-8-17-20-21-18(24-17)13-5-7-15-16(11-13)23-10-9-22-15/h1-8,11H,9-10H2/b8-6+. The minimum atomic E-state index is 0.403. The molecular formula is C18H13ClN2O3. The van der Waals surface area contributed by atoms with E-state index in [-0.39, 0.29) is 0 Å². The predicted octanol–water partition coefficient (Wildman–Crippen LogP) is 4.33. The molecule has 1 aliphatic rings. The molecule has 0 radical (unpaired) electrons. The minimum Gasteiger partial charge on any atom is -0.486 e. The third-order valence-corrected chi connectivity index (χ3v) is 3.88. The van der Waals surface area contributed by atoms with E-state index in [0.29, 0.717) is 35.8 Å². The minimum absolute atomic E-state index is 0.403.